The topological polar surface area (TPSA) is 107 Å². The Morgan fingerprint density at radius 3 is 2.03 bits per heavy atom. The van der Waals surface area contributed by atoms with Crippen molar-refractivity contribution in [2.24, 2.45) is 0 Å². The van der Waals surface area contributed by atoms with E-state index in [-0.39, 0.29) is 12.4 Å². The van der Waals surface area contributed by atoms with Crippen molar-refractivity contribution in [2.45, 2.75) is 37.8 Å². The van der Waals surface area contributed by atoms with Crippen molar-refractivity contribution in [3.63, 3.8) is 0 Å². The third-order valence-corrected chi connectivity index (χ3v) is 7.32. The lowest BCUT2D eigenvalue weighted by Gasteiger charge is -2.06. The van der Waals surface area contributed by atoms with Crippen LogP contribution in [0.2, 0.25) is 0 Å². The molecule has 8 nitrogen and oxygen atoms in total. The Morgan fingerprint density at radius 2 is 1.32 bits per heavy atom. The lowest BCUT2D eigenvalue weighted by atomic mass is 10.1. The van der Waals surface area contributed by atoms with Gasteiger partial charge in [-0.3, -0.25) is 0 Å². The van der Waals surface area contributed by atoms with Crippen LogP contribution in [0.3, 0.4) is 0 Å². The van der Waals surface area contributed by atoms with Gasteiger partial charge in [-0.25, -0.2) is 19.9 Å². The monoisotopic (exact) mass is 512 g/mol. The number of hydrogen-bond acceptors (Lipinski definition) is 6. The van der Waals surface area contributed by atoms with Crippen LogP contribution in [0.1, 0.15) is 49.4 Å². The number of imidazole rings is 2. The van der Waals surface area contributed by atoms with Crippen molar-refractivity contribution in [2.75, 3.05) is 13.1 Å². The maximum absolute atomic E-state index is 4.77. The lowest BCUT2D eigenvalue weighted by molar-refractivity contribution is 0.613. The van der Waals surface area contributed by atoms with Gasteiger partial charge in [0, 0.05) is 23.5 Å². The molecule has 37 heavy (non-hydrogen) atoms. The fraction of sp³-hybridized carbons (Fsp3) is 0.286. The Morgan fingerprint density at radius 1 is 0.649 bits per heavy atom. The summed E-state index contributed by atoms with van der Waals surface area (Å²) in [5.74, 6) is 2.75. The smallest absolute Gasteiger partial charge is 0.159 e. The van der Waals surface area contributed by atoms with E-state index in [1.807, 2.05) is 18.6 Å². The van der Waals surface area contributed by atoms with Crippen molar-refractivity contribution in [3.8, 4) is 33.8 Å². The summed E-state index contributed by atoms with van der Waals surface area (Å²) in [5, 5.41) is 6.99. The summed E-state index contributed by atoms with van der Waals surface area (Å²) in [6, 6.07) is 15.3. The first-order chi connectivity index (χ1) is 17.8. The fourth-order valence-corrected chi connectivity index (χ4v) is 5.30. The molecule has 2 saturated heterocycles. The fourth-order valence-electron chi connectivity index (χ4n) is 5.30. The molecule has 0 bridgehead atoms. The van der Waals surface area contributed by atoms with Crippen molar-refractivity contribution in [1.82, 2.24) is 40.5 Å². The van der Waals surface area contributed by atoms with E-state index < -0.39 is 0 Å². The summed E-state index contributed by atoms with van der Waals surface area (Å²) in [6.45, 7) is 2.12. The quantitative estimate of drug-likeness (QED) is 0.253. The molecule has 3 aromatic heterocycles. The number of aromatic amines is 2. The first kappa shape index (κ1) is 23.8. The van der Waals surface area contributed by atoms with E-state index in [0.29, 0.717) is 17.9 Å². The van der Waals surface area contributed by atoms with E-state index in [2.05, 4.69) is 78.0 Å². The molecule has 9 heteroatoms. The first-order valence-corrected chi connectivity index (χ1v) is 12.7. The zero-order chi connectivity index (χ0) is 23.9. The van der Waals surface area contributed by atoms with Crippen LogP contribution in [0.5, 0.6) is 0 Å². The molecule has 0 radical (unpaired) electrons. The number of hydrogen-bond donors (Lipinski definition) is 4. The highest BCUT2D eigenvalue weighted by Crippen LogP contribution is 2.28. The van der Waals surface area contributed by atoms with Crippen LogP contribution < -0.4 is 10.6 Å². The Hall–Kier alpha value is -3.59. The van der Waals surface area contributed by atoms with Crippen molar-refractivity contribution in [1.29, 1.82) is 0 Å². The van der Waals surface area contributed by atoms with Crippen LogP contribution in [0.4, 0.5) is 0 Å². The number of H-pyrrole nitrogens is 2. The van der Waals surface area contributed by atoms with Gasteiger partial charge in [-0.1, -0.05) is 30.3 Å². The van der Waals surface area contributed by atoms with E-state index in [1.54, 1.807) is 0 Å². The van der Waals surface area contributed by atoms with E-state index in [4.69, 9.17) is 4.98 Å². The van der Waals surface area contributed by atoms with E-state index in [0.717, 1.165) is 76.6 Å². The molecule has 2 aromatic carbocycles. The number of rotatable bonds is 5. The molecule has 5 aromatic rings. The molecule has 0 saturated carbocycles. The second kappa shape index (κ2) is 10.0. The van der Waals surface area contributed by atoms with Gasteiger partial charge in [0.05, 0.1) is 35.0 Å². The molecule has 188 valence electrons. The summed E-state index contributed by atoms with van der Waals surface area (Å²) in [6.07, 6.45) is 10.4. The molecule has 2 atom stereocenters. The summed E-state index contributed by atoms with van der Waals surface area (Å²) >= 11 is 0. The van der Waals surface area contributed by atoms with Gasteiger partial charge in [0.25, 0.3) is 0 Å². The second-order valence-corrected chi connectivity index (χ2v) is 9.71. The molecule has 7 rings (SSSR count). The second-order valence-electron chi connectivity index (χ2n) is 9.71. The number of fused-ring (bicyclic) bond motifs is 1. The Labute approximate surface area is 221 Å². The van der Waals surface area contributed by atoms with Crippen molar-refractivity contribution in [3.05, 3.63) is 72.7 Å². The minimum atomic E-state index is 0. The number of halogens is 1. The Balaban J connectivity index is 0.00000252. The molecule has 0 amide bonds. The van der Waals surface area contributed by atoms with Gasteiger partial charge < -0.3 is 20.6 Å². The summed E-state index contributed by atoms with van der Waals surface area (Å²) < 4.78 is 0. The predicted molar refractivity (Wildman–Crippen MR) is 147 cm³/mol. The largest absolute Gasteiger partial charge is 0.341 e. The number of nitrogens with one attached hydrogen (secondary N) is 4. The van der Waals surface area contributed by atoms with Gasteiger partial charge in [-0.15, -0.1) is 12.4 Å². The molecule has 4 N–H and O–H groups in total. The third-order valence-electron chi connectivity index (χ3n) is 7.32. The van der Waals surface area contributed by atoms with Crippen LogP contribution in [0, 0.1) is 0 Å². The highest BCUT2D eigenvalue weighted by Gasteiger charge is 2.20. The molecule has 0 spiro atoms. The Bertz CT molecular complexity index is 1490. The van der Waals surface area contributed by atoms with Crippen molar-refractivity contribution >= 4 is 23.4 Å². The van der Waals surface area contributed by atoms with Gasteiger partial charge in [0.1, 0.15) is 11.6 Å². The van der Waals surface area contributed by atoms with Gasteiger partial charge in [-0.05, 0) is 62.0 Å². The molecule has 0 unspecified atom stereocenters. The highest BCUT2D eigenvalue weighted by atomic mass is 35.5. The lowest BCUT2D eigenvalue weighted by Crippen LogP contribution is -2.14. The first-order valence-electron chi connectivity index (χ1n) is 12.7. The van der Waals surface area contributed by atoms with E-state index in [1.165, 1.54) is 12.8 Å². The van der Waals surface area contributed by atoms with Crippen LogP contribution in [-0.4, -0.2) is 43.0 Å². The SMILES string of the molecule is Cl.c1cc2nc([C@@H]3CCCN3)[nH]c2cc1-c1cnc(-c2ccc(-c3cnc([C@@H]4CCCN4)[nH]3)cc2)nc1. The minimum absolute atomic E-state index is 0. The molecule has 2 aliphatic heterocycles. The van der Waals surface area contributed by atoms with E-state index in [9.17, 15) is 0 Å². The third kappa shape index (κ3) is 4.64. The van der Waals surface area contributed by atoms with Crippen LogP contribution in [0.15, 0.2) is 61.1 Å². The molecular formula is C28H29ClN8. The normalized spacial score (nSPS) is 19.4. The van der Waals surface area contributed by atoms with Gasteiger partial charge in [-0.2, -0.15) is 0 Å². The zero-order valence-electron chi connectivity index (χ0n) is 20.4. The van der Waals surface area contributed by atoms with E-state index >= 15 is 0 Å². The standard InChI is InChI=1S/C28H28N8.ClH/c1-3-22(29-11-1)27-33-16-25(36-27)17-5-7-18(8-6-17)26-31-14-20(15-32-26)19-9-10-21-24(13-19)35-28(34-21)23-4-2-12-30-23;/h5-10,13-16,22-23,29-30H,1-4,11-12H2,(H,33,36)(H,34,35);1H/t22-,23-;/m0./s1. The maximum Gasteiger partial charge on any atom is 0.159 e. The van der Waals surface area contributed by atoms with Crippen LogP contribution in [0.25, 0.3) is 44.8 Å². The molecule has 5 heterocycles. The number of nitrogens with zero attached hydrogens (tertiary/aromatic N) is 4. The van der Waals surface area contributed by atoms with Gasteiger partial charge >= 0.3 is 0 Å². The van der Waals surface area contributed by atoms with Crippen molar-refractivity contribution < 1.29 is 0 Å². The Kier molecular flexibility index (Phi) is 6.46. The molecule has 2 aliphatic rings. The average molecular weight is 513 g/mol. The predicted octanol–water partition coefficient (Wildman–Crippen LogP) is 5.35. The molecular weight excluding hydrogens is 484 g/mol. The zero-order valence-corrected chi connectivity index (χ0v) is 21.2. The molecule has 0 aliphatic carbocycles. The average Bonchev–Trinajstić information content (AvgIpc) is 3.75. The number of aromatic nitrogens is 6. The van der Waals surface area contributed by atoms with Gasteiger partial charge in [0.15, 0.2) is 5.82 Å². The maximum atomic E-state index is 4.77. The highest BCUT2D eigenvalue weighted by molar-refractivity contribution is 5.85. The number of benzene rings is 2. The van der Waals surface area contributed by atoms with Crippen LogP contribution in [-0.2, 0) is 0 Å². The summed E-state index contributed by atoms with van der Waals surface area (Å²) in [7, 11) is 0. The summed E-state index contributed by atoms with van der Waals surface area (Å²) in [4.78, 5) is 25.6. The van der Waals surface area contributed by atoms with Crippen LogP contribution >= 0.6 is 12.4 Å². The molecule has 2 fully saturated rings. The van der Waals surface area contributed by atoms with Gasteiger partial charge in [0.2, 0.25) is 0 Å². The minimum Gasteiger partial charge on any atom is -0.341 e. The summed E-state index contributed by atoms with van der Waals surface area (Å²) in [5.41, 5.74) is 7.21.